The van der Waals surface area contributed by atoms with E-state index < -0.39 is 10.0 Å². The lowest BCUT2D eigenvalue weighted by atomic mass is 9.99. The number of hydrogen-bond donors (Lipinski definition) is 1. The summed E-state index contributed by atoms with van der Waals surface area (Å²) in [4.78, 5) is 12.9. The summed E-state index contributed by atoms with van der Waals surface area (Å²) >= 11 is 0. The molecule has 0 unspecified atom stereocenters. The van der Waals surface area contributed by atoms with Crippen molar-refractivity contribution in [2.45, 2.75) is 38.0 Å². The number of sulfonamides is 1. The number of benzene rings is 2. The molecule has 6 nitrogen and oxygen atoms in total. The number of hydrogen-bond acceptors (Lipinski definition) is 4. The minimum Gasteiger partial charge on any atom is -0.496 e. The van der Waals surface area contributed by atoms with Crippen molar-refractivity contribution in [3.63, 3.8) is 0 Å². The van der Waals surface area contributed by atoms with Gasteiger partial charge in [0.05, 0.1) is 12.0 Å². The van der Waals surface area contributed by atoms with Gasteiger partial charge in [0.1, 0.15) is 5.75 Å². The second kappa shape index (κ2) is 8.97. The number of nitrogens with one attached hydrogen (secondary N) is 1. The number of nitrogens with zero attached hydrogens (tertiary/aromatic N) is 1. The monoisotopic (exact) mass is 416 g/mol. The first-order valence-electron chi connectivity index (χ1n) is 9.89. The van der Waals surface area contributed by atoms with Gasteiger partial charge in [-0.05, 0) is 73.2 Å². The highest BCUT2D eigenvalue weighted by molar-refractivity contribution is 7.89. The number of ether oxygens (including phenoxy) is 1. The summed E-state index contributed by atoms with van der Waals surface area (Å²) in [5, 5.41) is 2.84. The van der Waals surface area contributed by atoms with Gasteiger partial charge in [0, 0.05) is 24.3 Å². The van der Waals surface area contributed by atoms with Crippen LogP contribution >= 0.6 is 0 Å². The fraction of sp³-hybridized carbons (Fsp3) is 0.409. The first kappa shape index (κ1) is 21.3. The third-order valence-corrected chi connectivity index (χ3v) is 6.90. The van der Waals surface area contributed by atoms with Crippen LogP contribution in [0.25, 0.3) is 0 Å². The normalized spacial score (nSPS) is 14.9. The Kier molecular flexibility index (Phi) is 6.59. The molecule has 0 atom stereocenters. The molecule has 0 aromatic heterocycles. The fourth-order valence-electron chi connectivity index (χ4n) is 3.51. The molecule has 3 rings (SSSR count). The standard InChI is InChI=1S/C22H28N2O4S/c1-16(2)14-18-15-17(6-11-21(18)28-3)22(25)23-19-7-9-20(10-8-19)29(26,27)24-12-4-5-13-24/h6-11,15-16H,4-5,12-14H2,1-3H3,(H,23,25). The van der Waals surface area contributed by atoms with Crippen LogP contribution in [0.15, 0.2) is 47.4 Å². The highest BCUT2D eigenvalue weighted by atomic mass is 32.2. The molecular weight excluding hydrogens is 388 g/mol. The molecule has 1 aliphatic heterocycles. The van der Waals surface area contributed by atoms with Gasteiger partial charge >= 0.3 is 0 Å². The van der Waals surface area contributed by atoms with E-state index in [0.29, 0.717) is 30.3 Å². The van der Waals surface area contributed by atoms with Gasteiger partial charge in [0.2, 0.25) is 10.0 Å². The summed E-state index contributed by atoms with van der Waals surface area (Å²) in [5.41, 5.74) is 2.08. The van der Waals surface area contributed by atoms with Crippen molar-refractivity contribution in [2.24, 2.45) is 5.92 Å². The van der Waals surface area contributed by atoms with Crippen LogP contribution in [0.1, 0.15) is 42.6 Å². The average molecular weight is 417 g/mol. The topological polar surface area (TPSA) is 75.7 Å². The Morgan fingerprint density at radius 1 is 1.10 bits per heavy atom. The Hall–Kier alpha value is -2.38. The van der Waals surface area contributed by atoms with Gasteiger partial charge in [0.25, 0.3) is 5.91 Å². The van der Waals surface area contributed by atoms with Crippen molar-refractivity contribution in [3.05, 3.63) is 53.6 Å². The molecule has 1 saturated heterocycles. The molecule has 2 aromatic carbocycles. The zero-order valence-electron chi connectivity index (χ0n) is 17.1. The lowest BCUT2D eigenvalue weighted by Crippen LogP contribution is -2.27. The Morgan fingerprint density at radius 2 is 1.76 bits per heavy atom. The van der Waals surface area contributed by atoms with E-state index >= 15 is 0 Å². The molecule has 0 aliphatic carbocycles. The minimum absolute atomic E-state index is 0.243. The summed E-state index contributed by atoms with van der Waals surface area (Å²) in [6.45, 7) is 5.36. The molecule has 0 spiro atoms. The van der Waals surface area contributed by atoms with E-state index in [4.69, 9.17) is 4.74 Å². The van der Waals surface area contributed by atoms with Crippen LogP contribution in [0.2, 0.25) is 0 Å². The van der Waals surface area contributed by atoms with Crippen molar-refractivity contribution >= 4 is 21.6 Å². The molecule has 29 heavy (non-hydrogen) atoms. The molecule has 7 heteroatoms. The molecule has 0 saturated carbocycles. The quantitative estimate of drug-likeness (QED) is 0.742. The maximum absolute atomic E-state index is 12.7. The van der Waals surface area contributed by atoms with E-state index in [1.807, 2.05) is 6.07 Å². The van der Waals surface area contributed by atoms with Crippen LogP contribution < -0.4 is 10.1 Å². The Morgan fingerprint density at radius 3 is 2.34 bits per heavy atom. The molecule has 1 fully saturated rings. The molecule has 1 amide bonds. The first-order valence-corrected chi connectivity index (χ1v) is 11.3. The highest BCUT2D eigenvalue weighted by Gasteiger charge is 2.27. The van der Waals surface area contributed by atoms with Crippen LogP contribution in [0.3, 0.4) is 0 Å². The number of anilines is 1. The Bertz CT molecular complexity index is 963. The lowest BCUT2D eigenvalue weighted by molar-refractivity contribution is 0.102. The summed E-state index contributed by atoms with van der Waals surface area (Å²) in [6, 6.07) is 11.7. The van der Waals surface area contributed by atoms with Crippen molar-refractivity contribution in [2.75, 3.05) is 25.5 Å². The van der Waals surface area contributed by atoms with Crippen molar-refractivity contribution in [1.82, 2.24) is 4.31 Å². The predicted octanol–water partition coefficient (Wildman–Crippen LogP) is 3.93. The molecule has 156 valence electrons. The number of carbonyl (C=O) groups excluding carboxylic acids is 1. The van der Waals surface area contributed by atoms with Crippen molar-refractivity contribution in [3.8, 4) is 5.75 Å². The summed E-state index contributed by atoms with van der Waals surface area (Å²) in [7, 11) is -1.83. The molecule has 2 aromatic rings. The summed E-state index contributed by atoms with van der Waals surface area (Å²) < 4.78 is 32.1. The smallest absolute Gasteiger partial charge is 0.255 e. The van der Waals surface area contributed by atoms with Crippen LogP contribution in [0.5, 0.6) is 5.75 Å². The van der Waals surface area contributed by atoms with Gasteiger partial charge in [-0.2, -0.15) is 4.31 Å². The zero-order valence-corrected chi connectivity index (χ0v) is 18.0. The first-order chi connectivity index (χ1) is 13.8. The van der Waals surface area contributed by atoms with Crippen LogP contribution in [-0.4, -0.2) is 38.8 Å². The molecule has 1 aliphatic rings. The van der Waals surface area contributed by atoms with Gasteiger partial charge in [0.15, 0.2) is 0 Å². The summed E-state index contributed by atoms with van der Waals surface area (Å²) in [5.74, 6) is 0.965. The zero-order chi connectivity index (χ0) is 21.0. The highest BCUT2D eigenvalue weighted by Crippen LogP contribution is 2.25. The van der Waals surface area contributed by atoms with Gasteiger partial charge in [-0.25, -0.2) is 8.42 Å². The van der Waals surface area contributed by atoms with Crippen LogP contribution in [0, 0.1) is 5.92 Å². The van der Waals surface area contributed by atoms with Gasteiger partial charge < -0.3 is 10.1 Å². The predicted molar refractivity (Wildman–Crippen MR) is 114 cm³/mol. The second-order valence-corrected chi connectivity index (χ2v) is 9.65. The number of carbonyl (C=O) groups is 1. The van der Waals surface area contributed by atoms with E-state index in [9.17, 15) is 13.2 Å². The number of methoxy groups -OCH3 is 1. The van der Waals surface area contributed by atoms with Gasteiger partial charge in [-0.15, -0.1) is 0 Å². The second-order valence-electron chi connectivity index (χ2n) is 7.71. The van der Waals surface area contributed by atoms with Crippen molar-refractivity contribution in [1.29, 1.82) is 0 Å². The van der Waals surface area contributed by atoms with E-state index in [-0.39, 0.29) is 10.8 Å². The SMILES string of the molecule is COc1ccc(C(=O)Nc2ccc(S(=O)(=O)N3CCCC3)cc2)cc1CC(C)C. The third kappa shape index (κ3) is 4.97. The average Bonchev–Trinajstić information content (AvgIpc) is 3.23. The summed E-state index contributed by atoms with van der Waals surface area (Å²) in [6.07, 6.45) is 2.61. The molecule has 1 N–H and O–H groups in total. The lowest BCUT2D eigenvalue weighted by Gasteiger charge is -2.16. The van der Waals surface area contributed by atoms with Gasteiger partial charge in [-0.3, -0.25) is 4.79 Å². The van der Waals surface area contributed by atoms with E-state index in [2.05, 4.69) is 19.2 Å². The Balaban J connectivity index is 1.74. The van der Waals surface area contributed by atoms with Crippen LogP contribution in [0.4, 0.5) is 5.69 Å². The maximum Gasteiger partial charge on any atom is 0.255 e. The molecular formula is C22H28N2O4S. The minimum atomic E-state index is -3.45. The van der Waals surface area contributed by atoms with E-state index in [1.165, 1.54) is 4.31 Å². The maximum atomic E-state index is 12.7. The van der Waals surface area contributed by atoms with Gasteiger partial charge in [-0.1, -0.05) is 13.8 Å². The third-order valence-electron chi connectivity index (χ3n) is 4.99. The Labute approximate surface area is 172 Å². The molecule has 0 bridgehead atoms. The van der Waals surface area contributed by atoms with Crippen molar-refractivity contribution < 1.29 is 17.9 Å². The molecule has 0 radical (unpaired) electrons. The number of rotatable bonds is 7. The fourth-order valence-corrected chi connectivity index (χ4v) is 5.03. The largest absolute Gasteiger partial charge is 0.496 e. The molecule has 1 heterocycles. The van der Waals surface area contributed by atoms with E-state index in [0.717, 1.165) is 30.6 Å². The number of amides is 1. The van der Waals surface area contributed by atoms with Crippen LogP contribution in [-0.2, 0) is 16.4 Å². The van der Waals surface area contributed by atoms with E-state index in [1.54, 1.807) is 43.5 Å².